The first-order chi connectivity index (χ1) is 12.1. The van der Waals surface area contributed by atoms with Crippen molar-refractivity contribution in [3.8, 4) is 11.5 Å². The Hall–Kier alpha value is -2.49. The van der Waals surface area contributed by atoms with Gasteiger partial charge < -0.3 is 14.8 Å². The van der Waals surface area contributed by atoms with E-state index in [-0.39, 0.29) is 12.5 Å². The van der Waals surface area contributed by atoms with Gasteiger partial charge in [0.2, 0.25) is 0 Å². The molecule has 0 aliphatic rings. The highest BCUT2D eigenvalue weighted by Gasteiger charge is 2.06. The minimum absolute atomic E-state index is 0.0171. The van der Waals surface area contributed by atoms with E-state index in [2.05, 4.69) is 38.2 Å². The average Bonchev–Trinajstić information content (AvgIpc) is 2.65. The number of hydrogen-bond donors (Lipinski definition) is 1. The van der Waals surface area contributed by atoms with Crippen LogP contribution in [0, 0.1) is 0 Å². The molecular weight excluding hydrogens is 314 g/mol. The zero-order chi connectivity index (χ0) is 18.1. The summed E-state index contributed by atoms with van der Waals surface area (Å²) in [5, 5.41) is 2.81. The van der Waals surface area contributed by atoms with Gasteiger partial charge in [-0.25, -0.2) is 0 Å². The van der Waals surface area contributed by atoms with Gasteiger partial charge in [0.1, 0.15) is 11.5 Å². The van der Waals surface area contributed by atoms with Crippen molar-refractivity contribution < 1.29 is 14.3 Å². The molecule has 0 unspecified atom stereocenters. The second-order valence-corrected chi connectivity index (χ2v) is 6.09. The Balaban J connectivity index is 1.80. The molecule has 0 bridgehead atoms. The Bertz CT molecular complexity index is 650. The quantitative estimate of drug-likeness (QED) is 0.698. The van der Waals surface area contributed by atoms with Gasteiger partial charge in [-0.05, 0) is 60.7 Å². The molecule has 25 heavy (non-hydrogen) atoms. The van der Waals surface area contributed by atoms with Crippen molar-refractivity contribution in [3.63, 3.8) is 0 Å². The lowest BCUT2D eigenvalue weighted by Crippen LogP contribution is -2.20. The molecule has 4 heteroatoms. The van der Waals surface area contributed by atoms with Gasteiger partial charge in [0.15, 0.2) is 6.61 Å². The van der Waals surface area contributed by atoms with Crippen LogP contribution in [0.5, 0.6) is 11.5 Å². The van der Waals surface area contributed by atoms with Gasteiger partial charge in [0.25, 0.3) is 5.91 Å². The van der Waals surface area contributed by atoms with Crippen LogP contribution in [0.1, 0.15) is 45.1 Å². The molecule has 1 amide bonds. The number of amides is 1. The van der Waals surface area contributed by atoms with Crippen molar-refractivity contribution in [2.75, 3.05) is 18.5 Å². The van der Waals surface area contributed by atoms with Crippen molar-refractivity contribution in [3.05, 3.63) is 54.1 Å². The number of ether oxygens (including phenoxy) is 2. The van der Waals surface area contributed by atoms with E-state index < -0.39 is 0 Å². The van der Waals surface area contributed by atoms with Crippen LogP contribution >= 0.6 is 0 Å². The maximum atomic E-state index is 12.0. The van der Waals surface area contributed by atoms with E-state index in [0.29, 0.717) is 18.3 Å². The summed E-state index contributed by atoms with van der Waals surface area (Å²) in [4.78, 5) is 12.0. The van der Waals surface area contributed by atoms with Gasteiger partial charge in [-0.3, -0.25) is 4.79 Å². The molecule has 0 aliphatic heterocycles. The number of carbonyl (C=O) groups is 1. The number of nitrogens with one attached hydrogen (secondary N) is 1. The summed E-state index contributed by atoms with van der Waals surface area (Å²) in [5.74, 6) is 1.85. The van der Waals surface area contributed by atoms with E-state index in [9.17, 15) is 4.79 Å². The minimum Gasteiger partial charge on any atom is -0.494 e. The molecule has 0 saturated carbocycles. The lowest BCUT2D eigenvalue weighted by molar-refractivity contribution is -0.118. The molecule has 134 valence electrons. The number of hydrogen-bond acceptors (Lipinski definition) is 3. The zero-order valence-electron chi connectivity index (χ0n) is 15.2. The molecule has 0 saturated heterocycles. The van der Waals surface area contributed by atoms with Crippen molar-refractivity contribution in [2.45, 2.75) is 39.5 Å². The molecule has 0 fully saturated rings. The number of anilines is 1. The third kappa shape index (κ3) is 6.14. The third-order valence-corrected chi connectivity index (χ3v) is 4.04. The van der Waals surface area contributed by atoms with E-state index in [1.165, 1.54) is 5.56 Å². The summed E-state index contributed by atoms with van der Waals surface area (Å²) >= 11 is 0. The summed E-state index contributed by atoms with van der Waals surface area (Å²) in [6.45, 7) is 7.10. The van der Waals surface area contributed by atoms with Gasteiger partial charge in [0.05, 0.1) is 6.61 Å². The smallest absolute Gasteiger partial charge is 0.262 e. The monoisotopic (exact) mass is 341 g/mol. The first-order valence-electron chi connectivity index (χ1n) is 8.87. The molecule has 0 heterocycles. The highest BCUT2D eigenvalue weighted by atomic mass is 16.5. The van der Waals surface area contributed by atoms with Crippen molar-refractivity contribution in [2.24, 2.45) is 0 Å². The van der Waals surface area contributed by atoms with Crippen LogP contribution in [0.15, 0.2) is 48.5 Å². The van der Waals surface area contributed by atoms with E-state index in [0.717, 1.165) is 24.3 Å². The third-order valence-electron chi connectivity index (χ3n) is 4.04. The molecule has 0 radical (unpaired) electrons. The molecule has 0 aliphatic carbocycles. The van der Waals surface area contributed by atoms with E-state index in [4.69, 9.17) is 9.47 Å². The van der Waals surface area contributed by atoms with Crippen LogP contribution in [-0.2, 0) is 4.79 Å². The standard InChI is InChI=1S/C21H27NO3/c1-4-14-24-19-12-8-18(9-13-19)22-21(23)15-25-20-10-6-17(7-11-20)16(3)5-2/h6-13,16H,4-5,14-15H2,1-3H3,(H,22,23)/t16-/m1/s1. The largest absolute Gasteiger partial charge is 0.494 e. The summed E-state index contributed by atoms with van der Waals surface area (Å²) in [6.07, 6.45) is 2.07. The van der Waals surface area contributed by atoms with Gasteiger partial charge in [0, 0.05) is 5.69 Å². The van der Waals surface area contributed by atoms with Crippen molar-refractivity contribution in [1.82, 2.24) is 0 Å². The Morgan fingerprint density at radius 3 is 2.16 bits per heavy atom. The van der Waals surface area contributed by atoms with Crippen LogP contribution < -0.4 is 14.8 Å². The van der Waals surface area contributed by atoms with E-state index in [1.807, 2.05) is 36.4 Å². The molecule has 2 rings (SSSR count). The molecule has 2 aromatic rings. The maximum absolute atomic E-state index is 12.0. The predicted molar refractivity (Wildman–Crippen MR) is 102 cm³/mol. The fraction of sp³-hybridized carbons (Fsp3) is 0.381. The molecule has 0 spiro atoms. The summed E-state index contributed by atoms with van der Waals surface area (Å²) in [5.41, 5.74) is 2.01. The Morgan fingerprint density at radius 2 is 1.56 bits per heavy atom. The molecule has 1 atom stereocenters. The highest BCUT2D eigenvalue weighted by molar-refractivity contribution is 5.91. The number of benzene rings is 2. The van der Waals surface area contributed by atoms with Gasteiger partial charge in [-0.2, -0.15) is 0 Å². The van der Waals surface area contributed by atoms with Crippen LogP contribution in [0.3, 0.4) is 0 Å². The molecule has 2 aromatic carbocycles. The average molecular weight is 341 g/mol. The normalized spacial score (nSPS) is 11.6. The topological polar surface area (TPSA) is 47.6 Å². The van der Waals surface area contributed by atoms with E-state index in [1.54, 1.807) is 0 Å². The summed E-state index contributed by atoms with van der Waals surface area (Å²) in [7, 11) is 0. The predicted octanol–water partition coefficient (Wildman–Crippen LogP) is 5.01. The van der Waals surface area contributed by atoms with Crippen LogP contribution in [-0.4, -0.2) is 19.1 Å². The minimum atomic E-state index is -0.187. The van der Waals surface area contributed by atoms with E-state index >= 15 is 0 Å². The fourth-order valence-electron chi connectivity index (χ4n) is 2.33. The van der Waals surface area contributed by atoms with Crippen molar-refractivity contribution in [1.29, 1.82) is 0 Å². The lowest BCUT2D eigenvalue weighted by atomic mass is 9.99. The summed E-state index contributed by atoms with van der Waals surface area (Å²) < 4.78 is 11.1. The van der Waals surface area contributed by atoms with Gasteiger partial charge in [-0.15, -0.1) is 0 Å². The Labute approximate surface area is 150 Å². The first-order valence-corrected chi connectivity index (χ1v) is 8.87. The Kier molecular flexibility index (Phi) is 7.33. The van der Waals surface area contributed by atoms with Gasteiger partial charge >= 0.3 is 0 Å². The van der Waals surface area contributed by atoms with Gasteiger partial charge in [-0.1, -0.05) is 32.9 Å². The Morgan fingerprint density at radius 1 is 0.960 bits per heavy atom. The first kappa shape index (κ1) is 18.8. The second-order valence-electron chi connectivity index (χ2n) is 6.09. The van der Waals surface area contributed by atoms with Crippen molar-refractivity contribution >= 4 is 11.6 Å². The molecule has 0 aromatic heterocycles. The maximum Gasteiger partial charge on any atom is 0.262 e. The van der Waals surface area contributed by atoms with Crippen LogP contribution in [0.25, 0.3) is 0 Å². The van der Waals surface area contributed by atoms with Crippen LogP contribution in [0.2, 0.25) is 0 Å². The second kappa shape index (κ2) is 9.72. The lowest BCUT2D eigenvalue weighted by Gasteiger charge is -2.11. The van der Waals surface area contributed by atoms with Crippen LogP contribution in [0.4, 0.5) is 5.69 Å². The fourth-order valence-corrected chi connectivity index (χ4v) is 2.33. The molecule has 1 N–H and O–H groups in total. The number of rotatable bonds is 9. The SMILES string of the molecule is CCCOc1ccc(NC(=O)COc2ccc([C@H](C)CC)cc2)cc1. The number of carbonyl (C=O) groups excluding carboxylic acids is 1. The summed E-state index contributed by atoms with van der Waals surface area (Å²) in [6, 6.07) is 15.3. The highest BCUT2D eigenvalue weighted by Crippen LogP contribution is 2.21. The molecule has 4 nitrogen and oxygen atoms in total. The molecular formula is C21H27NO3. The zero-order valence-corrected chi connectivity index (χ0v) is 15.2.